The van der Waals surface area contributed by atoms with Gasteiger partial charge in [0.2, 0.25) is 0 Å². The first-order chi connectivity index (χ1) is 8.09. The van der Waals surface area contributed by atoms with Crippen LogP contribution in [0.1, 0.15) is 36.2 Å². The summed E-state index contributed by atoms with van der Waals surface area (Å²) in [6.45, 7) is 0. The second-order valence-electron chi connectivity index (χ2n) is 4.40. The van der Waals surface area contributed by atoms with Crippen LogP contribution < -0.4 is 0 Å². The molecule has 2 N–H and O–H groups in total. The molecule has 5 heteroatoms. The predicted molar refractivity (Wildman–Crippen MR) is 65.3 cm³/mol. The Morgan fingerprint density at radius 3 is 2.82 bits per heavy atom. The highest BCUT2D eigenvalue weighted by atomic mass is 32.2. The molecule has 0 amide bonds. The minimum Gasteiger partial charge on any atom is -0.477 e. The number of hydrogen-bond donors (Lipinski definition) is 2. The average Bonchev–Trinajstić information content (AvgIpc) is 2.75. The fraction of sp³-hybridized carbons (Fsp3) is 0.500. The molecule has 2 rings (SSSR count). The van der Waals surface area contributed by atoms with Crippen molar-refractivity contribution < 1.29 is 15.0 Å². The van der Waals surface area contributed by atoms with Gasteiger partial charge in [0.25, 0.3) is 0 Å². The number of aliphatic hydroxyl groups is 1. The van der Waals surface area contributed by atoms with Crippen LogP contribution in [0.5, 0.6) is 0 Å². The van der Waals surface area contributed by atoms with E-state index in [-0.39, 0.29) is 5.69 Å². The van der Waals surface area contributed by atoms with Crippen LogP contribution in [0.4, 0.5) is 0 Å². The molecular weight excluding hydrogens is 238 g/mol. The predicted octanol–water partition coefficient (Wildman–Crippen LogP) is 2.18. The van der Waals surface area contributed by atoms with Crippen LogP contribution in [0, 0.1) is 0 Å². The van der Waals surface area contributed by atoms with Crippen LogP contribution in [-0.4, -0.2) is 32.5 Å². The molecule has 1 aromatic rings. The highest BCUT2D eigenvalue weighted by Gasteiger charge is 2.30. The molecule has 1 saturated carbocycles. The second kappa shape index (κ2) is 5.06. The molecule has 1 fully saturated rings. The Labute approximate surface area is 104 Å². The molecule has 0 aromatic carbocycles. The Morgan fingerprint density at radius 1 is 1.47 bits per heavy atom. The van der Waals surface area contributed by atoms with Crippen LogP contribution >= 0.6 is 11.8 Å². The standard InChI is InChI=1S/C12H15NO3S/c14-11(15)10-7-9(3-6-13-10)17-8-12(16)4-1-2-5-12/h3,6-7,16H,1-2,4-5,8H2,(H,14,15). The Kier molecular flexibility index (Phi) is 3.69. The zero-order valence-corrected chi connectivity index (χ0v) is 10.2. The molecule has 0 atom stereocenters. The van der Waals surface area contributed by atoms with Crippen LogP contribution in [0.2, 0.25) is 0 Å². The largest absolute Gasteiger partial charge is 0.477 e. The SMILES string of the molecule is O=C(O)c1cc(SCC2(O)CCCC2)ccn1. The molecule has 0 spiro atoms. The quantitative estimate of drug-likeness (QED) is 0.805. The van der Waals surface area contributed by atoms with Crippen molar-refractivity contribution in [2.24, 2.45) is 0 Å². The van der Waals surface area contributed by atoms with E-state index in [0.717, 1.165) is 30.6 Å². The molecule has 1 aromatic heterocycles. The van der Waals surface area contributed by atoms with E-state index in [1.165, 1.54) is 18.0 Å². The van der Waals surface area contributed by atoms with Gasteiger partial charge in [-0.05, 0) is 25.0 Å². The summed E-state index contributed by atoms with van der Waals surface area (Å²) >= 11 is 1.49. The van der Waals surface area contributed by atoms with Crippen LogP contribution in [0.15, 0.2) is 23.2 Å². The number of pyridine rings is 1. The molecule has 17 heavy (non-hydrogen) atoms. The lowest BCUT2D eigenvalue weighted by Gasteiger charge is -2.21. The fourth-order valence-corrected chi connectivity index (χ4v) is 3.09. The first-order valence-electron chi connectivity index (χ1n) is 5.64. The van der Waals surface area contributed by atoms with E-state index >= 15 is 0 Å². The topological polar surface area (TPSA) is 70.4 Å². The van der Waals surface area contributed by atoms with Gasteiger partial charge in [0.1, 0.15) is 5.69 Å². The molecule has 0 unspecified atom stereocenters. The van der Waals surface area contributed by atoms with E-state index in [4.69, 9.17) is 5.11 Å². The zero-order valence-electron chi connectivity index (χ0n) is 9.43. The monoisotopic (exact) mass is 253 g/mol. The number of carboxylic acids is 1. The minimum absolute atomic E-state index is 0.0495. The summed E-state index contributed by atoms with van der Waals surface area (Å²) in [5.41, 5.74) is -0.523. The number of aromatic carboxylic acids is 1. The lowest BCUT2D eigenvalue weighted by Crippen LogP contribution is -2.27. The smallest absolute Gasteiger partial charge is 0.354 e. The van der Waals surface area contributed by atoms with E-state index in [1.54, 1.807) is 12.1 Å². The summed E-state index contributed by atoms with van der Waals surface area (Å²) in [5.74, 6) is -0.400. The van der Waals surface area contributed by atoms with Gasteiger partial charge in [-0.25, -0.2) is 9.78 Å². The number of carbonyl (C=O) groups is 1. The molecular formula is C12H15NO3S. The maximum atomic E-state index is 10.8. The summed E-state index contributed by atoms with van der Waals surface area (Å²) in [6.07, 6.45) is 5.33. The molecule has 0 radical (unpaired) electrons. The summed E-state index contributed by atoms with van der Waals surface area (Å²) in [4.78, 5) is 15.4. The third-order valence-corrected chi connectivity index (χ3v) is 4.26. The highest BCUT2D eigenvalue weighted by Crippen LogP contribution is 2.34. The summed E-state index contributed by atoms with van der Waals surface area (Å²) < 4.78 is 0. The Hall–Kier alpha value is -1.07. The molecule has 1 aliphatic rings. The van der Waals surface area contributed by atoms with Crippen molar-refractivity contribution >= 4 is 17.7 Å². The first-order valence-corrected chi connectivity index (χ1v) is 6.62. The van der Waals surface area contributed by atoms with Gasteiger partial charge in [0.15, 0.2) is 0 Å². The van der Waals surface area contributed by atoms with Crippen molar-refractivity contribution in [3.8, 4) is 0 Å². The Morgan fingerprint density at radius 2 is 2.18 bits per heavy atom. The lowest BCUT2D eigenvalue weighted by atomic mass is 10.1. The van der Waals surface area contributed by atoms with E-state index in [2.05, 4.69) is 4.98 Å². The normalized spacial score (nSPS) is 18.2. The minimum atomic E-state index is -1.02. The van der Waals surface area contributed by atoms with Crippen LogP contribution in [-0.2, 0) is 0 Å². The fourth-order valence-electron chi connectivity index (χ4n) is 2.01. The van der Waals surface area contributed by atoms with Crippen molar-refractivity contribution in [1.82, 2.24) is 4.98 Å². The maximum absolute atomic E-state index is 10.8. The summed E-state index contributed by atoms with van der Waals surface area (Å²) in [6, 6.07) is 3.32. The molecule has 92 valence electrons. The van der Waals surface area contributed by atoms with Gasteiger partial charge in [-0.15, -0.1) is 11.8 Å². The van der Waals surface area contributed by atoms with E-state index in [9.17, 15) is 9.90 Å². The number of hydrogen-bond acceptors (Lipinski definition) is 4. The summed E-state index contributed by atoms with van der Waals surface area (Å²) in [7, 11) is 0. The first kappa shape index (κ1) is 12.4. The molecule has 1 aliphatic carbocycles. The molecule has 4 nitrogen and oxygen atoms in total. The van der Waals surface area contributed by atoms with Crippen molar-refractivity contribution in [3.05, 3.63) is 24.0 Å². The number of nitrogens with zero attached hydrogens (tertiary/aromatic N) is 1. The van der Waals surface area contributed by atoms with Gasteiger partial charge in [0, 0.05) is 16.8 Å². The van der Waals surface area contributed by atoms with Gasteiger partial charge in [0.05, 0.1) is 5.60 Å². The van der Waals surface area contributed by atoms with Gasteiger partial charge in [-0.2, -0.15) is 0 Å². The van der Waals surface area contributed by atoms with E-state index in [1.807, 2.05) is 0 Å². The van der Waals surface area contributed by atoms with Crippen molar-refractivity contribution in [2.45, 2.75) is 36.2 Å². The van der Waals surface area contributed by atoms with E-state index in [0.29, 0.717) is 5.75 Å². The third-order valence-electron chi connectivity index (χ3n) is 2.99. The number of rotatable bonds is 4. The van der Waals surface area contributed by atoms with Gasteiger partial charge < -0.3 is 10.2 Å². The molecule has 0 saturated heterocycles. The third kappa shape index (κ3) is 3.20. The molecule has 0 bridgehead atoms. The highest BCUT2D eigenvalue weighted by molar-refractivity contribution is 7.99. The van der Waals surface area contributed by atoms with Crippen molar-refractivity contribution in [1.29, 1.82) is 0 Å². The van der Waals surface area contributed by atoms with E-state index < -0.39 is 11.6 Å². The number of thioether (sulfide) groups is 1. The van der Waals surface area contributed by atoms with Crippen LogP contribution in [0.3, 0.4) is 0 Å². The average molecular weight is 253 g/mol. The van der Waals surface area contributed by atoms with Gasteiger partial charge in [-0.3, -0.25) is 0 Å². The Bertz CT molecular complexity index is 416. The lowest BCUT2D eigenvalue weighted by molar-refractivity contribution is 0.0689. The van der Waals surface area contributed by atoms with Crippen LogP contribution in [0.25, 0.3) is 0 Å². The van der Waals surface area contributed by atoms with Gasteiger partial charge in [-0.1, -0.05) is 12.8 Å². The molecule has 0 aliphatic heterocycles. The summed E-state index contributed by atoms with van der Waals surface area (Å²) in [5, 5.41) is 19.0. The Balaban J connectivity index is 1.99. The molecule has 1 heterocycles. The number of aromatic nitrogens is 1. The van der Waals surface area contributed by atoms with Gasteiger partial charge >= 0.3 is 5.97 Å². The zero-order chi connectivity index (χ0) is 12.3. The second-order valence-corrected chi connectivity index (χ2v) is 5.45. The number of carboxylic acid groups (broad SMARTS) is 1. The maximum Gasteiger partial charge on any atom is 0.354 e. The van der Waals surface area contributed by atoms with Crippen molar-refractivity contribution in [2.75, 3.05) is 5.75 Å². The van der Waals surface area contributed by atoms with Crippen molar-refractivity contribution in [3.63, 3.8) is 0 Å².